The van der Waals surface area contributed by atoms with E-state index in [2.05, 4.69) is 9.97 Å². The van der Waals surface area contributed by atoms with Crippen LogP contribution in [-0.2, 0) is 4.79 Å². The monoisotopic (exact) mass is 293 g/mol. The lowest BCUT2D eigenvalue weighted by Crippen LogP contribution is -2.37. The summed E-state index contributed by atoms with van der Waals surface area (Å²) >= 11 is 0. The minimum Gasteiger partial charge on any atom is -0.481 e. The van der Waals surface area contributed by atoms with Gasteiger partial charge in [0.15, 0.2) is 0 Å². The quantitative estimate of drug-likeness (QED) is 0.833. The predicted octanol–water partition coefficient (Wildman–Crippen LogP) is 0.748. The molecule has 2 rings (SSSR count). The summed E-state index contributed by atoms with van der Waals surface area (Å²) in [6.45, 7) is 3.18. The molecule has 2 N–H and O–H groups in total. The Balaban J connectivity index is 2.22. The average molecular weight is 293 g/mol. The summed E-state index contributed by atoms with van der Waals surface area (Å²) in [5.41, 5.74) is -0.0794. The second kappa shape index (κ2) is 5.67. The zero-order chi connectivity index (χ0) is 15.7. The van der Waals surface area contributed by atoms with Crippen molar-refractivity contribution in [2.45, 2.75) is 32.6 Å². The number of aliphatic carboxylic acids is 1. The smallest absolute Gasteiger partial charge is 0.308 e. The summed E-state index contributed by atoms with van der Waals surface area (Å²) in [6.07, 6.45) is 2.01. The Morgan fingerprint density at radius 3 is 2.57 bits per heavy atom. The number of carboxylic acids is 1. The van der Waals surface area contributed by atoms with Crippen molar-refractivity contribution in [3.8, 4) is 0 Å². The number of nitrogens with zero attached hydrogens (tertiary/aromatic N) is 2. The van der Waals surface area contributed by atoms with Crippen LogP contribution in [0.2, 0.25) is 0 Å². The summed E-state index contributed by atoms with van der Waals surface area (Å²) in [4.78, 5) is 43.4. The summed E-state index contributed by atoms with van der Waals surface area (Å²) in [5, 5.41) is 8.88. The Hall–Kier alpha value is -2.18. The first kappa shape index (κ1) is 15.2. The van der Waals surface area contributed by atoms with Gasteiger partial charge in [0.2, 0.25) is 0 Å². The number of nitrogens with one attached hydrogen (secondary N) is 1. The molecule has 1 aliphatic carbocycles. The molecule has 114 valence electrons. The number of aryl methyl sites for hydroxylation is 1. The van der Waals surface area contributed by atoms with E-state index in [0.29, 0.717) is 17.4 Å². The van der Waals surface area contributed by atoms with Crippen molar-refractivity contribution in [2.24, 2.45) is 5.92 Å². The van der Waals surface area contributed by atoms with Crippen LogP contribution in [0.4, 0.5) is 0 Å². The second-order valence-electron chi connectivity index (χ2n) is 5.61. The molecule has 0 aromatic carbocycles. The van der Waals surface area contributed by atoms with Crippen molar-refractivity contribution < 1.29 is 14.7 Å². The molecule has 7 nitrogen and oxygen atoms in total. The van der Waals surface area contributed by atoms with Gasteiger partial charge in [-0.3, -0.25) is 14.4 Å². The standard InChI is InChI=1S/C14H19N3O4/c1-7(14(20)21)6-17(3)13(19)10-8(2)15-11(9-4-5-9)16-12(10)18/h7,9H,4-6H2,1-3H3,(H,20,21)(H,15,16,18). The molecule has 0 bridgehead atoms. The number of amides is 1. The first-order chi connectivity index (χ1) is 9.81. The van der Waals surface area contributed by atoms with Crippen LogP contribution in [0.15, 0.2) is 4.79 Å². The van der Waals surface area contributed by atoms with Crippen LogP contribution in [0.25, 0.3) is 0 Å². The third-order valence-electron chi connectivity index (χ3n) is 3.61. The molecule has 1 unspecified atom stereocenters. The van der Waals surface area contributed by atoms with Gasteiger partial charge >= 0.3 is 5.97 Å². The molecular formula is C14H19N3O4. The number of carbonyl (C=O) groups is 2. The molecule has 1 fully saturated rings. The molecular weight excluding hydrogens is 274 g/mol. The fourth-order valence-electron chi connectivity index (χ4n) is 2.17. The number of carboxylic acid groups (broad SMARTS) is 1. The lowest BCUT2D eigenvalue weighted by molar-refractivity contribution is -0.141. The van der Waals surface area contributed by atoms with E-state index in [1.165, 1.54) is 18.9 Å². The van der Waals surface area contributed by atoms with Crippen LogP contribution in [-0.4, -0.2) is 45.4 Å². The highest BCUT2D eigenvalue weighted by atomic mass is 16.4. The van der Waals surface area contributed by atoms with Crippen molar-refractivity contribution in [1.29, 1.82) is 0 Å². The number of rotatable bonds is 5. The molecule has 0 aliphatic heterocycles. The van der Waals surface area contributed by atoms with Gasteiger partial charge in [0.25, 0.3) is 11.5 Å². The van der Waals surface area contributed by atoms with Crippen LogP contribution in [0.3, 0.4) is 0 Å². The Morgan fingerprint density at radius 1 is 1.48 bits per heavy atom. The fraction of sp³-hybridized carbons (Fsp3) is 0.571. The van der Waals surface area contributed by atoms with E-state index in [0.717, 1.165) is 12.8 Å². The van der Waals surface area contributed by atoms with Crippen molar-refractivity contribution in [3.05, 3.63) is 27.4 Å². The number of carbonyl (C=O) groups excluding carboxylic acids is 1. The molecule has 21 heavy (non-hydrogen) atoms. The van der Waals surface area contributed by atoms with Crippen LogP contribution >= 0.6 is 0 Å². The minimum atomic E-state index is -0.984. The average Bonchev–Trinajstić information content (AvgIpc) is 3.21. The molecule has 1 atom stereocenters. The lowest BCUT2D eigenvalue weighted by atomic mass is 10.1. The topological polar surface area (TPSA) is 103 Å². The van der Waals surface area contributed by atoms with Crippen molar-refractivity contribution >= 4 is 11.9 Å². The van der Waals surface area contributed by atoms with E-state index in [4.69, 9.17) is 5.11 Å². The fourth-order valence-corrected chi connectivity index (χ4v) is 2.17. The second-order valence-corrected chi connectivity index (χ2v) is 5.61. The lowest BCUT2D eigenvalue weighted by Gasteiger charge is -2.19. The van der Waals surface area contributed by atoms with Gasteiger partial charge in [0, 0.05) is 19.5 Å². The number of aromatic nitrogens is 2. The maximum atomic E-state index is 12.3. The van der Waals surface area contributed by atoms with E-state index in [9.17, 15) is 14.4 Å². The van der Waals surface area contributed by atoms with Gasteiger partial charge in [0.1, 0.15) is 11.4 Å². The first-order valence-electron chi connectivity index (χ1n) is 6.90. The highest BCUT2D eigenvalue weighted by Crippen LogP contribution is 2.37. The first-order valence-corrected chi connectivity index (χ1v) is 6.90. The van der Waals surface area contributed by atoms with Crippen molar-refractivity contribution in [1.82, 2.24) is 14.9 Å². The van der Waals surface area contributed by atoms with Gasteiger partial charge in [-0.2, -0.15) is 0 Å². The van der Waals surface area contributed by atoms with Gasteiger partial charge in [0.05, 0.1) is 11.6 Å². The molecule has 1 heterocycles. The zero-order valence-corrected chi connectivity index (χ0v) is 12.3. The van der Waals surface area contributed by atoms with Crippen molar-refractivity contribution in [2.75, 3.05) is 13.6 Å². The number of H-pyrrole nitrogens is 1. The molecule has 1 aromatic rings. The van der Waals surface area contributed by atoms with Crippen LogP contribution in [0.1, 0.15) is 47.6 Å². The predicted molar refractivity (Wildman–Crippen MR) is 75.3 cm³/mol. The Bertz CT molecular complexity index is 634. The van der Waals surface area contributed by atoms with Gasteiger partial charge in [-0.05, 0) is 19.8 Å². The molecule has 7 heteroatoms. The summed E-state index contributed by atoms with van der Waals surface area (Å²) in [5.74, 6) is -1.25. The van der Waals surface area contributed by atoms with Gasteiger partial charge in [-0.1, -0.05) is 6.92 Å². The van der Waals surface area contributed by atoms with Crippen molar-refractivity contribution in [3.63, 3.8) is 0 Å². The Kier molecular flexibility index (Phi) is 4.11. The minimum absolute atomic E-state index is 0.0144. The number of aromatic amines is 1. The van der Waals surface area contributed by atoms with Gasteiger partial charge in [-0.15, -0.1) is 0 Å². The third-order valence-corrected chi connectivity index (χ3v) is 3.61. The largest absolute Gasteiger partial charge is 0.481 e. The third kappa shape index (κ3) is 3.29. The van der Waals surface area contributed by atoms with Crippen LogP contribution < -0.4 is 5.56 Å². The highest BCUT2D eigenvalue weighted by molar-refractivity contribution is 5.94. The highest BCUT2D eigenvalue weighted by Gasteiger charge is 2.29. The van der Waals surface area contributed by atoms with E-state index >= 15 is 0 Å². The normalized spacial score (nSPS) is 15.6. The van der Waals surface area contributed by atoms with E-state index in [1.807, 2.05) is 0 Å². The van der Waals surface area contributed by atoms with E-state index in [1.54, 1.807) is 6.92 Å². The van der Waals surface area contributed by atoms with Crippen LogP contribution in [0.5, 0.6) is 0 Å². The van der Waals surface area contributed by atoms with Gasteiger partial charge in [-0.25, -0.2) is 4.98 Å². The molecule has 1 aliphatic rings. The zero-order valence-electron chi connectivity index (χ0n) is 12.3. The summed E-state index contributed by atoms with van der Waals surface area (Å²) < 4.78 is 0. The molecule has 0 saturated heterocycles. The molecule has 0 radical (unpaired) electrons. The molecule has 1 aromatic heterocycles. The SMILES string of the molecule is Cc1nc(C2CC2)[nH]c(=O)c1C(=O)N(C)CC(C)C(=O)O. The maximum absolute atomic E-state index is 12.3. The molecule has 1 amide bonds. The van der Waals surface area contributed by atoms with E-state index < -0.39 is 23.4 Å². The maximum Gasteiger partial charge on any atom is 0.308 e. The van der Waals surface area contributed by atoms with E-state index in [-0.39, 0.29) is 12.1 Å². The summed E-state index contributed by atoms with van der Waals surface area (Å²) in [7, 11) is 1.48. The summed E-state index contributed by atoms with van der Waals surface area (Å²) in [6, 6.07) is 0. The molecule has 0 spiro atoms. The Morgan fingerprint density at radius 2 is 2.10 bits per heavy atom. The number of hydrogen-bond donors (Lipinski definition) is 2. The Labute approximate surface area is 122 Å². The van der Waals surface area contributed by atoms with Gasteiger partial charge < -0.3 is 15.0 Å². The molecule has 1 saturated carbocycles. The van der Waals surface area contributed by atoms with Crippen LogP contribution in [0, 0.1) is 12.8 Å². The number of hydrogen-bond acceptors (Lipinski definition) is 4.